The highest BCUT2D eigenvalue weighted by Gasteiger charge is 2.21. The lowest BCUT2D eigenvalue weighted by Crippen LogP contribution is -2.22. The Morgan fingerprint density at radius 3 is 2.47 bits per heavy atom. The van der Waals surface area contributed by atoms with Crippen molar-refractivity contribution in [2.45, 2.75) is 38.6 Å². The quantitative estimate of drug-likeness (QED) is 0.790. The Labute approximate surface area is 103 Å². The van der Waals surface area contributed by atoms with Crippen molar-refractivity contribution in [3.63, 3.8) is 0 Å². The maximum atomic E-state index is 11.4. The molecular formula is C15H19NO. The summed E-state index contributed by atoms with van der Waals surface area (Å²) in [5.74, 6) is 0.562. The van der Waals surface area contributed by atoms with Crippen molar-refractivity contribution in [2.75, 3.05) is 0 Å². The topological polar surface area (TPSA) is 29.1 Å². The summed E-state index contributed by atoms with van der Waals surface area (Å²) in [4.78, 5) is 11.4. The van der Waals surface area contributed by atoms with Crippen molar-refractivity contribution in [3.8, 4) is 0 Å². The Hall–Kier alpha value is -1.57. The summed E-state index contributed by atoms with van der Waals surface area (Å²) in [7, 11) is 0. The van der Waals surface area contributed by atoms with Crippen molar-refractivity contribution in [1.29, 1.82) is 0 Å². The van der Waals surface area contributed by atoms with Gasteiger partial charge in [0.1, 0.15) is 0 Å². The molecule has 0 atom stereocenters. The molecule has 1 fully saturated rings. The van der Waals surface area contributed by atoms with Gasteiger partial charge >= 0.3 is 0 Å². The van der Waals surface area contributed by atoms with E-state index in [9.17, 15) is 4.79 Å². The number of hydrogen-bond acceptors (Lipinski definition) is 1. The normalized spacial score (nSPS) is 15.5. The smallest absolute Gasteiger partial charge is 0.244 e. The first kappa shape index (κ1) is 11.9. The van der Waals surface area contributed by atoms with Gasteiger partial charge in [-0.1, -0.05) is 38.1 Å². The minimum absolute atomic E-state index is 0.0143. The van der Waals surface area contributed by atoms with Gasteiger partial charge in [-0.2, -0.15) is 0 Å². The molecule has 2 heteroatoms. The van der Waals surface area contributed by atoms with Crippen LogP contribution in [0, 0.1) is 0 Å². The molecule has 0 aromatic heterocycles. The van der Waals surface area contributed by atoms with Gasteiger partial charge in [0.15, 0.2) is 0 Å². The van der Waals surface area contributed by atoms with Crippen LogP contribution in [-0.2, 0) is 4.79 Å². The fourth-order valence-corrected chi connectivity index (χ4v) is 1.64. The number of benzene rings is 1. The SMILES string of the molecule is CC(C)c1ccc(/C=C/C(=O)NC2CC2)cc1. The number of amides is 1. The van der Waals surface area contributed by atoms with Gasteiger partial charge in [0.2, 0.25) is 5.91 Å². The van der Waals surface area contributed by atoms with Crippen molar-refractivity contribution in [1.82, 2.24) is 5.32 Å². The molecule has 0 bridgehead atoms. The molecule has 2 rings (SSSR count). The summed E-state index contributed by atoms with van der Waals surface area (Å²) in [6.45, 7) is 4.35. The molecule has 0 aliphatic heterocycles. The maximum Gasteiger partial charge on any atom is 0.244 e. The molecule has 1 amide bonds. The van der Waals surface area contributed by atoms with Crippen LogP contribution in [0.3, 0.4) is 0 Å². The Morgan fingerprint density at radius 1 is 1.29 bits per heavy atom. The third-order valence-corrected chi connectivity index (χ3v) is 2.95. The van der Waals surface area contributed by atoms with Gasteiger partial charge < -0.3 is 5.32 Å². The molecule has 1 aromatic rings. The average Bonchev–Trinajstić information content (AvgIpc) is 3.11. The Kier molecular flexibility index (Phi) is 3.62. The monoisotopic (exact) mass is 229 g/mol. The van der Waals surface area contributed by atoms with E-state index >= 15 is 0 Å². The highest BCUT2D eigenvalue weighted by atomic mass is 16.1. The van der Waals surface area contributed by atoms with Gasteiger partial charge in [-0.25, -0.2) is 0 Å². The third kappa shape index (κ3) is 3.74. The van der Waals surface area contributed by atoms with Crippen LogP contribution in [0.4, 0.5) is 0 Å². The van der Waals surface area contributed by atoms with Crippen LogP contribution >= 0.6 is 0 Å². The minimum Gasteiger partial charge on any atom is -0.350 e. The number of nitrogens with one attached hydrogen (secondary N) is 1. The molecule has 1 aliphatic rings. The number of hydrogen-bond donors (Lipinski definition) is 1. The van der Waals surface area contributed by atoms with Crippen LogP contribution in [-0.4, -0.2) is 11.9 Å². The fourth-order valence-electron chi connectivity index (χ4n) is 1.64. The predicted molar refractivity (Wildman–Crippen MR) is 70.7 cm³/mol. The van der Waals surface area contributed by atoms with Crippen LogP contribution < -0.4 is 5.32 Å². The first-order valence-electron chi connectivity index (χ1n) is 6.23. The van der Waals surface area contributed by atoms with Crippen LogP contribution in [0.25, 0.3) is 6.08 Å². The van der Waals surface area contributed by atoms with E-state index < -0.39 is 0 Å². The number of carbonyl (C=O) groups excluding carboxylic acids is 1. The Balaban J connectivity index is 1.92. The molecule has 1 aliphatic carbocycles. The van der Waals surface area contributed by atoms with Crippen molar-refractivity contribution in [2.24, 2.45) is 0 Å². The van der Waals surface area contributed by atoms with Crippen molar-refractivity contribution >= 4 is 12.0 Å². The first-order valence-corrected chi connectivity index (χ1v) is 6.23. The second-order valence-corrected chi connectivity index (χ2v) is 4.94. The number of rotatable bonds is 4. The summed E-state index contributed by atoms with van der Waals surface area (Å²) in [5, 5.41) is 2.93. The first-order chi connectivity index (χ1) is 8.15. The molecule has 0 spiro atoms. The molecule has 90 valence electrons. The van der Waals surface area contributed by atoms with Gasteiger partial charge in [-0.05, 0) is 36.0 Å². The highest BCUT2D eigenvalue weighted by Crippen LogP contribution is 2.18. The zero-order valence-electron chi connectivity index (χ0n) is 10.4. The lowest BCUT2D eigenvalue weighted by Gasteiger charge is -2.04. The summed E-state index contributed by atoms with van der Waals surface area (Å²) in [6, 6.07) is 8.76. The third-order valence-electron chi connectivity index (χ3n) is 2.95. The van der Waals surface area contributed by atoms with E-state index in [1.165, 1.54) is 5.56 Å². The van der Waals surface area contributed by atoms with E-state index in [1.54, 1.807) is 6.08 Å². The Bertz CT molecular complexity index is 413. The van der Waals surface area contributed by atoms with E-state index in [-0.39, 0.29) is 5.91 Å². The average molecular weight is 229 g/mol. The molecule has 0 unspecified atom stereocenters. The van der Waals surface area contributed by atoms with E-state index in [1.807, 2.05) is 6.08 Å². The zero-order valence-corrected chi connectivity index (χ0v) is 10.4. The molecule has 1 saturated carbocycles. The fraction of sp³-hybridized carbons (Fsp3) is 0.400. The second-order valence-electron chi connectivity index (χ2n) is 4.94. The molecule has 1 N–H and O–H groups in total. The van der Waals surface area contributed by atoms with E-state index in [0.717, 1.165) is 18.4 Å². The maximum absolute atomic E-state index is 11.4. The van der Waals surface area contributed by atoms with Gasteiger partial charge in [0, 0.05) is 12.1 Å². The van der Waals surface area contributed by atoms with Gasteiger partial charge in [0.25, 0.3) is 0 Å². The van der Waals surface area contributed by atoms with Crippen LogP contribution in [0.1, 0.15) is 43.7 Å². The van der Waals surface area contributed by atoms with Gasteiger partial charge in [-0.15, -0.1) is 0 Å². The largest absolute Gasteiger partial charge is 0.350 e. The van der Waals surface area contributed by atoms with Crippen molar-refractivity contribution in [3.05, 3.63) is 41.5 Å². The molecule has 17 heavy (non-hydrogen) atoms. The molecular weight excluding hydrogens is 210 g/mol. The van der Waals surface area contributed by atoms with E-state index in [2.05, 4.69) is 43.4 Å². The predicted octanol–water partition coefficient (Wildman–Crippen LogP) is 3.10. The standard InChI is InChI=1S/C15H19NO/c1-11(2)13-6-3-12(4-7-13)5-10-15(17)16-14-8-9-14/h3-7,10-11,14H,8-9H2,1-2H3,(H,16,17)/b10-5+. The molecule has 1 aromatic carbocycles. The van der Waals surface area contributed by atoms with Crippen LogP contribution in [0.5, 0.6) is 0 Å². The van der Waals surface area contributed by atoms with E-state index in [4.69, 9.17) is 0 Å². The highest BCUT2D eigenvalue weighted by molar-refractivity contribution is 5.92. The summed E-state index contributed by atoms with van der Waals surface area (Å²) in [6.07, 6.45) is 5.73. The molecule has 0 heterocycles. The Morgan fingerprint density at radius 2 is 1.94 bits per heavy atom. The van der Waals surface area contributed by atoms with Crippen LogP contribution in [0.2, 0.25) is 0 Å². The van der Waals surface area contributed by atoms with E-state index in [0.29, 0.717) is 12.0 Å². The molecule has 2 nitrogen and oxygen atoms in total. The summed E-state index contributed by atoms with van der Waals surface area (Å²) >= 11 is 0. The number of carbonyl (C=O) groups is 1. The lowest BCUT2D eigenvalue weighted by atomic mass is 10.0. The molecule has 0 radical (unpaired) electrons. The lowest BCUT2D eigenvalue weighted by molar-refractivity contribution is -0.116. The minimum atomic E-state index is 0.0143. The second kappa shape index (κ2) is 5.17. The van der Waals surface area contributed by atoms with Crippen molar-refractivity contribution < 1.29 is 4.79 Å². The summed E-state index contributed by atoms with van der Waals surface area (Å²) in [5.41, 5.74) is 2.39. The van der Waals surface area contributed by atoms with Gasteiger partial charge in [-0.3, -0.25) is 4.79 Å². The summed E-state index contributed by atoms with van der Waals surface area (Å²) < 4.78 is 0. The van der Waals surface area contributed by atoms with Gasteiger partial charge in [0.05, 0.1) is 0 Å². The molecule has 0 saturated heterocycles. The van der Waals surface area contributed by atoms with Crippen LogP contribution in [0.15, 0.2) is 30.3 Å². The zero-order chi connectivity index (χ0) is 12.3.